The first-order valence-corrected chi connectivity index (χ1v) is 10.1. The van der Waals surface area contributed by atoms with E-state index >= 15 is 0 Å². The van der Waals surface area contributed by atoms with Gasteiger partial charge in [-0.3, -0.25) is 0 Å². The molecule has 0 atom stereocenters. The van der Waals surface area contributed by atoms with Crippen LogP contribution in [-0.4, -0.2) is 0 Å². The van der Waals surface area contributed by atoms with Gasteiger partial charge in [0.1, 0.15) is 0 Å². The molecular formula is C28H32. The molecule has 0 radical (unpaired) electrons. The van der Waals surface area contributed by atoms with E-state index in [2.05, 4.69) is 115 Å². The van der Waals surface area contributed by atoms with E-state index in [-0.39, 0.29) is 10.8 Å². The van der Waals surface area contributed by atoms with Gasteiger partial charge >= 0.3 is 0 Å². The summed E-state index contributed by atoms with van der Waals surface area (Å²) < 4.78 is 0. The molecule has 0 aromatic heterocycles. The van der Waals surface area contributed by atoms with Crippen LogP contribution in [0.2, 0.25) is 0 Å². The fraction of sp³-hybridized carbons (Fsp3) is 0.286. The lowest BCUT2D eigenvalue weighted by Crippen LogP contribution is -2.10. The average Bonchev–Trinajstić information content (AvgIpc) is 2.66. The monoisotopic (exact) mass is 368 g/mol. The molecule has 0 heteroatoms. The molecule has 3 aromatic carbocycles. The van der Waals surface area contributed by atoms with Gasteiger partial charge in [0.15, 0.2) is 0 Å². The van der Waals surface area contributed by atoms with Crippen LogP contribution >= 0.6 is 0 Å². The number of hydrogen-bond donors (Lipinski definition) is 0. The minimum atomic E-state index is 0.170. The van der Waals surface area contributed by atoms with E-state index in [1.165, 1.54) is 38.9 Å². The third-order valence-corrected chi connectivity index (χ3v) is 5.42. The van der Waals surface area contributed by atoms with Crippen molar-refractivity contribution in [3.63, 3.8) is 0 Å². The third-order valence-electron chi connectivity index (χ3n) is 5.42. The predicted octanol–water partition coefficient (Wildman–Crippen LogP) is 8.26. The molecule has 0 spiro atoms. The molecular weight excluding hydrogens is 336 g/mol. The fourth-order valence-corrected chi connectivity index (χ4v) is 3.49. The standard InChI is InChI=1S/C28H32/c1-8-20-19-23(21-9-14-24(15-10-21)27(2,3)4)13-18-26(20)22-11-16-25(17-12-22)28(5,6)7/h8-19H,1H2,2-7H3. The SMILES string of the molecule is C=Cc1cc(-c2ccc(C(C)(C)C)cc2)ccc1-c1ccc(C(C)(C)C)cc1. The van der Waals surface area contributed by atoms with Gasteiger partial charge < -0.3 is 0 Å². The second kappa shape index (κ2) is 7.43. The maximum Gasteiger partial charge on any atom is -0.0111 e. The van der Waals surface area contributed by atoms with Crippen LogP contribution in [0.5, 0.6) is 0 Å². The molecule has 0 bridgehead atoms. The number of rotatable bonds is 3. The molecule has 0 unspecified atom stereocenters. The second-order valence-electron chi connectivity index (χ2n) is 9.66. The Morgan fingerprint density at radius 3 is 1.43 bits per heavy atom. The summed E-state index contributed by atoms with van der Waals surface area (Å²) in [7, 11) is 0. The van der Waals surface area contributed by atoms with Gasteiger partial charge in [0.2, 0.25) is 0 Å². The van der Waals surface area contributed by atoms with E-state index in [0.717, 1.165) is 0 Å². The average molecular weight is 369 g/mol. The topological polar surface area (TPSA) is 0 Å². The minimum Gasteiger partial charge on any atom is -0.0984 e. The van der Waals surface area contributed by atoms with Gasteiger partial charge in [0.25, 0.3) is 0 Å². The highest BCUT2D eigenvalue weighted by atomic mass is 14.2. The van der Waals surface area contributed by atoms with Gasteiger partial charge in [0.05, 0.1) is 0 Å². The van der Waals surface area contributed by atoms with E-state index < -0.39 is 0 Å². The Balaban J connectivity index is 1.96. The largest absolute Gasteiger partial charge is 0.0984 e. The van der Waals surface area contributed by atoms with Gasteiger partial charge in [0, 0.05) is 0 Å². The van der Waals surface area contributed by atoms with E-state index in [9.17, 15) is 0 Å². The van der Waals surface area contributed by atoms with Crippen molar-refractivity contribution in [1.29, 1.82) is 0 Å². The van der Waals surface area contributed by atoms with Gasteiger partial charge in [-0.1, -0.05) is 115 Å². The molecule has 144 valence electrons. The van der Waals surface area contributed by atoms with Crippen LogP contribution in [0.4, 0.5) is 0 Å². The molecule has 0 nitrogen and oxygen atoms in total. The summed E-state index contributed by atoms with van der Waals surface area (Å²) in [4.78, 5) is 0. The first kappa shape index (κ1) is 20.1. The van der Waals surface area contributed by atoms with Gasteiger partial charge in [-0.2, -0.15) is 0 Å². The Morgan fingerprint density at radius 1 is 0.571 bits per heavy atom. The highest BCUT2D eigenvalue weighted by molar-refractivity contribution is 5.79. The summed E-state index contributed by atoms with van der Waals surface area (Å²) in [6.45, 7) is 17.5. The van der Waals surface area contributed by atoms with Gasteiger partial charge in [-0.25, -0.2) is 0 Å². The van der Waals surface area contributed by atoms with E-state index in [1.54, 1.807) is 0 Å². The molecule has 0 aliphatic carbocycles. The minimum absolute atomic E-state index is 0.170. The van der Waals surface area contributed by atoms with E-state index in [4.69, 9.17) is 0 Å². The molecule has 0 heterocycles. The molecule has 0 fully saturated rings. The summed E-state index contributed by atoms with van der Waals surface area (Å²) in [6, 6.07) is 24.5. The molecule has 3 aromatic rings. The first-order valence-electron chi connectivity index (χ1n) is 10.1. The lowest BCUT2D eigenvalue weighted by Gasteiger charge is -2.20. The zero-order valence-corrected chi connectivity index (χ0v) is 18.1. The Kier molecular flexibility index (Phi) is 5.35. The molecule has 0 aliphatic heterocycles. The Hall–Kier alpha value is -2.60. The number of hydrogen-bond acceptors (Lipinski definition) is 0. The van der Waals surface area contributed by atoms with Crippen LogP contribution < -0.4 is 0 Å². The third kappa shape index (κ3) is 4.28. The van der Waals surface area contributed by atoms with Crippen molar-refractivity contribution in [3.05, 3.63) is 90.0 Å². The Morgan fingerprint density at radius 2 is 1.00 bits per heavy atom. The van der Waals surface area contributed by atoms with Crippen LogP contribution in [0, 0.1) is 0 Å². The van der Waals surface area contributed by atoms with Crippen LogP contribution in [0.1, 0.15) is 58.2 Å². The summed E-state index contributed by atoms with van der Waals surface area (Å²) in [6.07, 6.45) is 1.96. The normalized spacial score (nSPS) is 12.1. The van der Waals surface area contributed by atoms with Crippen molar-refractivity contribution in [3.8, 4) is 22.3 Å². The summed E-state index contributed by atoms with van der Waals surface area (Å²) in [5.74, 6) is 0. The van der Waals surface area contributed by atoms with Crippen molar-refractivity contribution < 1.29 is 0 Å². The summed E-state index contributed by atoms with van der Waals surface area (Å²) >= 11 is 0. The van der Waals surface area contributed by atoms with Crippen LogP contribution in [0.25, 0.3) is 28.3 Å². The summed E-state index contributed by atoms with van der Waals surface area (Å²) in [5.41, 5.74) is 9.15. The van der Waals surface area contributed by atoms with Crippen LogP contribution in [0.3, 0.4) is 0 Å². The molecule has 0 saturated carbocycles. The van der Waals surface area contributed by atoms with Crippen molar-refractivity contribution in [2.24, 2.45) is 0 Å². The number of benzene rings is 3. The zero-order valence-electron chi connectivity index (χ0n) is 18.1. The van der Waals surface area contributed by atoms with Crippen molar-refractivity contribution in [2.75, 3.05) is 0 Å². The van der Waals surface area contributed by atoms with Crippen molar-refractivity contribution in [1.82, 2.24) is 0 Å². The zero-order chi connectivity index (χ0) is 20.5. The Labute approximate surface area is 171 Å². The molecule has 0 saturated heterocycles. The smallest absolute Gasteiger partial charge is 0.0111 e. The van der Waals surface area contributed by atoms with E-state index in [0.29, 0.717) is 0 Å². The molecule has 0 amide bonds. The predicted molar refractivity (Wildman–Crippen MR) is 125 cm³/mol. The molecule has 28 heavy (non-hydrogen) atoms. The maximum atomic E-state index is 4.06. The summed E-state index contributed by atoms with van der Waals surface area (Å²) in [5, 5.41) is 0. The van der Waals surface area contributed by atoms with Crippen LogP contribution in [0.15, 0.2) is 73.3 Å². The highest BCUT2D eigenvalue weighted by Gasteiger charge is 2.15. The lowest BCUT2D eigenvalue weighted by molar-refractivity contribution is 0.590. The maximum absolute atomic E-state index is 4.06. The van der Waals surface area contributed by atoms with Crippen molar-refractivity contribution >= 4 is 6.08 Å². The van der Waals surface area contributed by atoms with Gasteiger partial charge in [-0.15, -0.1) is 0 Å². The highest BCUT2D eigenvalue weighted by Crippen LogP contribution is 2.32. The molecule has 0 N–H and O–H groups in total. The fourth-order valence-electron chi connectivity index (χ4n) is 3.49. The molecule has 0 aliphatic rings. The van der Waals surface area contributed by atoms with E-state index in [1.807, 2.05) is 6.08 Å². The van der Waals surface area contributed by atoms with Crippen LogP contribution in [-0.2, 0) is 10.8 Å². The molecule has 3 rings (SSSR count). The first-order chi connectivity index (χ1) is 13.1. The van der Waals surface area contributed by atoms with Gasteiger partial charge in [-0.05, 0) is 55.8 Å². The lowest BCUT2D eigenvalue weighted by atomic mass is 9.85. The quantitative estimate of drug-likeness (QED) is 0.436. The van der Waals surface area contributed by atoms with Crippen molar-refractivity contribution in [2.45, 2.75) is 52.4 Å². The Bertz CT molecular complexity index is 957. The second-order valence-corrected chi connectivity index (χ2v) is 9.66.